The second-order valence-corrected chi connectivity index (χ2v) is 8.72. The quantitative estimate of drug-likeness (QED) is 0.883. The van der Waals surface area contributed by atoms with Crippen LogP contribution in [0.3, 0.4) is 0 Å². The van der Waals surface area contributed by atoms with Gasteiger partial charge in [-0.15, -0.1) is 0 Å². The van der Waals surface area contributed by atoms with Crippen LogP contribution in [0.2, 0.25) is 0 Å². The number of carbonyl (C=O) groups excluding carboxylic acids is 1. The molecule has 0 radical (unpaired) electrons. The van der Waals surface area contributed by atoms with Crippen LogP contribution in [-0.2, 0) is 21.2 Å². The van der Waals surface area contributed by atoms with Gasteiger partial charge >= 0.3 is 0 Å². The number of likely N-dealkylation sites (tertiary alicyclic amines) is 1. The van der Waals surface area contributed by atoms with E-state index in [9.17, 15) is 13.2 Å². The van der Waals surface area contributed by atoms with E-state index in [1.165, 1.54) is 12.5 Å². The van der Waals surface area contributed by atoms with Gasteiger partial charge in [-0.05, 0) is 62.8 Å². The van der Waals surface area contributed by atoms with Crippen molar-refractivity contribution in [3.63, 3.8) is 0 Å². The van der Waals surface area contributed by atoms with Gasteiger partial charge in [-0.3, -0.25) is 4.79 Å². The molecule has 1 fully saturated rings. The summed E-state index contributed by atoms with van der Waals surface area (Å²) in [5.41, 5.74) is 1.89. The molecule has 25 heavy (non-hydrogen) atoms. The monoisotopic (exact) mass is 365 g/mol. The molecule has 2 N–H and O–H groups in total. The lowest BCUT2D eigenvalue weighted by Gasteiger charge is -2.37. The summed E-state index contributed by atoms with van der Waals surface area (Å²) in [5, 5.41) is 5.23. The highest BCUT2D eigenvalue weighted by molar-refractivity contribution is 7.89. The maximum atomic E-state index is 12.9. The maximum absolute atomic E-state index is 12.9. The molecule has 138 valence electrons. The fourth-order valence-corrected chi connectivity index (χ4v) is 4.64. The van der Waals surface area contributed by atoms with Gasteiger partial charge in [-0.1, -0.05) is 6.92 Å². The van der Waals surface area contributed by atoms with Crippen LogP contribution in [0.1, 0.15) is 45.1 Å². The van der Waals surface area contributed by atoms with Crippen LogP contribution in [0.4, 0.5) is 5.69 Å². The maximum Gasteiger partial charge on any atom is 0.242 e. The summed E-state index contributed by atoms with van der Waals surface area (Å²) in [4.78, 5) is 17.1. The average Bonchev–Trinajstić information content (AvgIpc) is 2.89. The molecule has 2 heterocycles. The number of piperidine rings is 1. The van der Waals surface area contributed by atoms with E-state index in [-0.39, 0.29) is 16.8 Å². The van der Waals surface area contributed by atoms with Crippen molar-refractivity contribution < 1.29 is 13.2 Å². The van der Waals surface area contributed by atoms with E-state index in [0.29, 0.717) is 12.6 Å². The number of fused-ring (bicyclic) bond motifs is 1. The topological polar surface area (TPSA) is 83.7 Å². The molecule has 1 aromatic rings. The van der Waals surface area contributed by atoms with Crippen LogP contribution in [-0.4, -0.2) is 44.4 Å². The summed E-state index contributed by atoms with van der Waals surface area (Å²) >= 11 is 0. The Morgan fingerprint density at radius 3 is 2.76 bits per heavy atom. The Morgan fingerprint density at radius 1 is 1.32 bits per heavy atom. The van der Waals surface area contributed by atoms with Crippen LogP contribution >= 0.6 is 0 Å². The minimum atomic E-state index is -3.70. The van der Waals surface area contributed by atoms with Crippen molar-refractivity contribution in [3.05, 3.63) is 23.8 Å². The molecule has 1 aromatic carbocycles. The number of nitrogens with two attached hydrogens (primary N) is 1. The van der Waals surface area contributed by atoms with Crippen molar-refractivity contribution in [2.45, 2.75) is 62.9 Å². The molecule has 2 aliphatic heterocycles. The Bertz CT molecular complexity index is 763. The molecule has 0 saturated carbocycles. The molecule has 2 aliphatic rings. The molecule has 0 bridgehead atoms. The molecule has 0 spiro atoms. The molecule has 1 amide bonds. The number of sulfonamides is 1. The summed E-state index contributed by atoms with van der Waals surface area (Å²) < 4.78 is 23.1. The molecule has 0 unspecified atom stereocenters. The Hall–Kier alpha value is -1.60. The largest absolute Gasteiger partial charge is 0.359 e. The summed E-state index contributed by atoms with van der Waals surface area (Å²) in [7, 11) is -3.70. The molecule has 3 rings (SSSR count). The summed E-state index contributed by atoms with van der Waals surface area (Å²) in [6.07, 6.45) is 5.08. The van der Waals surface area contributed by atoms with E-state index in [0.717, 1.165) is 43.5 Å². The molecule has 0 aromatic heterocycles. The molecular formula is C18H27N3O3S. The fourth-order valence-electron chi connectivity index (χ4n) is 4.08. The zero-order valence-electron chi connectivity index (χ0n) is 14.9. The zero-order valence-corrected chi connectivity index (χ0v) is 15.8. The molecular weight excluding hydrogens is 338 g/mol. The van der Waals surface area contributed by atoms with Crippen molar-refractivity contribution in [2.75, 3.05) is 18.0 Å². The number of anilines is 1. The van der Waals surface area contributed by atoms with Crippen LogP contribution in [0.25, 0.3) is 0 Å². The van der Waals surface area contributed by atoms with Gasteiger partial charge in [0.25, 0.3) is 0 Å². The van der Waals surface area contributed by atoms with Crippen molar-refractivity contribution in [3.8, 4) is 0 Å². The number of benzene rings is 1. The predicted molar refractivity (Wildman–Crippen MR) is 98.0 cm³/mol. The van der Waals surface area contributed by atoms with Crippen LogP contribution in [0.15, 0.2) is 23.1 Å². The predicted octanol–water partition coefficient (Wildman–Crippen LogP) is 1.88. The van der Waals surface area contributed by atoms with E-state index in [1.54, 1.807) is 12.1 Å². The highest BCUT2D eigenvalue weighted by Gasteiger charge is 2.32. The normalized spacial score (nSPS) is 23.6. The lowest BCUT2D eigenvalue weighted by molar-refractivity contribution is -0.133. The van der Waals surface area contributed by atoms with Crippen molar-refractivity contribution in [1.29, 1.82) is 0 Å². The summed E-state index contributed by atoms with van der Waals surface area (Å²) in [5.74, 6) is 0.168. The first-order valence-electron chi connectivity index (χ1n) is 9.03. The molecule has 7 heteroatoms. The number of primary sulfonamides is 1. The third-order valence-corrected chi connectivity index (χ3v) is 6.37. The first-order valence-corrected chi connectivity index (χ1v) is 10.6. The Labute approximate surface area is 150 Å². The molecule has 6 nitrogen and oxygen atoms in total. The van der Waals surface area contributed by atoms with E-state index in [4.69, 9.17) is 5.14 Å². The summed E-state index contributed by atoms with van der Waals surface area (Å²) in [6.45, 7) is 5.40. The first-order chi connectivity index (χ1) is 11.8. The Balaban J connectivity index is 1.79. The molecule has 1 saturated heterocycles. The van der Waals surface area contributed by atoms with E-state index >= 15 is 0 Å². The number of nitrogens with zero attached hydrogens (tertiary/aromatic N) is 2. The van der Waals surface area contributed by atoms with Crippen LogP contribution in [0, 0.1) is 0 Å². The SMILES string of the molecule is CC[C@@H]1CCCCN1C(=O)CN1c2ccc(S(N)(=O)=O)cc2C[C@H]1C. The van der Waals surface area contributed by atoms with Gasteiger partial charge < -0.3 is 9.80 Å². The number of amides is 1. The summed E-state index contributed by atoms with van der Waals surface area (Å²) in [6, 6.07) is 5.46. The van der Waals surface area contributed by atoms with Gasteiger partial charge in [0, 0.05) is 24.3 Å². The second kappa shape index (κ2) is 6.96. The van der Waals surface area contributed by atoms with Gasteiger partial charge in [-0.25, -0.2) is 13.6 Å². The van der Waals surface area contributed by atoms with Crippen molar-refractivity contribution in [1.82, 2.24) is 4.90 Å². The number of hydrogen-bond donors (Lipinski definition) is 1. The fraction of sp³-hybridized carbons (Fsp3) is 0.611. The third-order valence-electron chi connectivity index (χ3n) is 5.46. The smallest absolute Gasteiger partial charge is 0.242 e. The van der Waals surface area contributed by atoms with Crippen molar-refractivity contribution in [2.24, 2.45) is 5.14 Å². The first kappa shape index (κ1) is 18.2. The van der Waals surface area contributed by atoms with Gasteiger partial charge in [-0.2, -0.15) is 0 Å². The van der Waals surface area contributed by atoms with Crippen LogP contribution in [0.5, 0.6) is 0 Å². The van der Waals surface area contributed by atoms with Crippen LogP contribution < -0.4 is 10.0 Å². The highest BCUT2D eigenvalue weighted by Crippen LogP contribution is 2.34. The van der Waals surface area contributed by atoms with Gasteiger partial charge in [0.15, 0.2) is 0 Å². The van der Waals surface area contributed by atoms with Crippen molar-refractivity contribution >= 4 is 21.6 Å². The lowest BCUT2D eigenvalue weighted by Crippen LogP contribution is -2.48. The van der Waals surface area contributed by atoms with E-state index in [2.05, 4.69) is 18.7 Å². The van der Waals surface area contributed by atoms with Gasteiger partial charge in [0.1, 0.15) is 0 Å². The Kier molecular flexibility index (Phi) is 5.06. The molecule has 0 aliphatic carbocycles. The Morgan fingerprint density at radius 2 is 2.08 bits per heavy atom. The third kappa shape index (κ3) is 3.67. The lowest BCUT2D eigenvalue weighted by atomic mass is 10.00. The van der Waals surface area contributed by atoms with E-state index < -0.39 is 10.0 Å². The zero-order chi connectivity index (χ0) is 18.2. The number of hydrogen-bond acceptors (Lipinski definition) is 4. The highest BCUT2D eigenvalue weighted by atomic mass is 32.2. The minimum Gasteiger partial charge on any atom is -0.359 e. The van der Waals surface area contributed by atoms with E-state index in [1.807, 2.05) is 4.90 Å². The standard InChI is InChI=1S/C18H27N3O3S/c1-3-15-6-4-5-9-20(15)18(22)12-21-13(2)10-14-11-16(25(19,23)24)7-8-17(14)21/h7-8,11,13,15H,3-6,9-10,12H2,1-2H3,(H2,19,23,24)/t13-,15-/m1/s1. The van der Waals surface area contributed by atoms with Gasteiger partial charge in [0.2, 0.25) is 15.9 Å². The average molecular weight is 365 g/mol. The minimum absolute atomic E-state index is 0.133. The second-order valence-electron chi connectivity index (χ2n) is 7.16. The van der Waals surface area contributed by atoms with Gasteiger partial charge in [0.05, 0.1) is 11.4 Å². The number of carbonyl (C=O) groups is 1. The molecule has 2 atom stereocenters. The number of rotatable bonds is 4.